The maximum absolute atomic E-state index is 11.0. The third kappa shape index (κ3) is 3.02. The summed E-state index contributed by atoms with van der Waals surface area (Å²) in [6, 6.07) is 7.07. The van der Waals surface area contributed by atoms with Crippen LogP contribution in [0.2, 0.25) is 0 Å². The molecule has 2 rings (SSSR count). The molecule has 0 aliphatic heterocycles. The highest BCUT2D eigenvalue weighted by atomic mass is 16.5. The van der Waals surface area contributed by atoms with Crippen LogP contribution in [-0.2, 0) is 0 Å². The van der Waals surface area contributed by atoms with E-state index in [1.54, 1.807) is 12.1 Å². The van der Waals surface area contributed by atoms with Gasteiger partial charge in [0.2, 0.25) is 0 Å². The maximum Gasteiger partial charge on any atom is 0.354 e. The van der Waals surface area contributed by atoms with Crippen LogP contribution in [0.25, 0.3) is 10.9 Å². The van der Waals surface area contributed by atoms with Crippen LogP contribution < -0.4 is 4.74 Å². The van der Waals surface area contributed by atoms with Crippen LogP contribution >= 0.6 is 0 Å². The molecule has 0 saturated carbocycles. The van der Waals surface area contributed by atoms with Gasteiger partial charge < -0.3 is 9.84 Å². The normalized spacial score (nSPS) is 11.6. The molecule has 0 radical (unpaired) electrons. The topological polar surface area (TPSA) is 59.4 Å². The molecule has 19 heavy (non-hydrogen) atoms. The minimum absolute atomic E-state index is 0.0643. The Morgan fingerprint density at radius 1 is 1.26 bits per heavy atom. The molecule has 0 bridgehead atoms. The third-order valence-corrected chi connectivity index (χ3v) is 2.63. The molecule has 0 amide bonds. The van der Waals surface area contributed by atoms with E-state index in [9.17, 15) is 4.79 Å². The van der Waals surface area contributed by atoms with Crippen molar-refractivity contribution in [1.82, 2.24) is 4.98 Å². The van der Waals surface area contributed by atoms with E-state index in [0.29, 0.717) is 5.52 Å². The fraction of sp³-hybridized carbons (Fsp3) is 0.333. The smallest absolute Gasteiger partial charge is 0.354 e. The first kappa shape index (κ1) is 13.3. The molecule has 0 fully saturated rings. The molecule has 4 nitrogen and oxygen atoms in total. The number of aromatic carboxylic acids is 1. The predicted octanol–water partition coefficient (Wildman–Crippen LogP) is 3.42. The van der Waals surface area contributed by atoms with Gasteiger partial charge in [0.1, 0.15) is 17.0 Å². The molecule has 2 aromatic rings. The van der Waals surface area contributed by atoms with Gasteiger partial charge >= 0.3 is 5.97 Å². The Morgan fingerprint density at radius 3 is 2.53 bits per heavy atom. The highest BCUT2D eigenvalue weighted by Gasteiger charge is 2.13. The molecular formula is C15H17NO3. The Morgan fingerprint density at radius 2 is 1.95 bits per heavy atom. The molecule has 1 aromatic heterocycles. The molecule has 0 unspecified atom stereocenters. The Labute approximate surface area is 112 Å². The van der Waals surface area contributed by atoms with Crippen LogP contribution in [0.15, 0.2) is 24.3 Å². The van der Waals surface area contributed by atoms with Crippen LogP contribution in [0.5, 0.6) is 5.75 Å². The maximum atomic E-state index is 11.0. The lowest BCUT2D eigenvalue weighted by atomic mass is 10.1. The van der Waals surface area contributed by atoms with Gasteiger partial charge in [-0.1, -0.05) is 0 Å². The number of carbonyl (C=O) groups is 1. The number of fused-ring (bicyclic) bond motifs is 1. The standard InChI is InChI=1S/C15H17NO3/c1-9-7-13(14(17)18)16-12-6-5-10(8-11(9)12)19-15(2,3)4/h5-8H,1-4H3,(H,17,18). The van der Waals surface area contributed by atoms with Gasteiger partial charge in [-0.2, -0.15) is 0 Å². The molecule has 0 atom stereocenters. The summed E-state index contributed by atoms with van der Waals surface area (Å²) in [7, 11) is 0. The number of hydrogen-bond donors (Lipinski definition) is 1. The summed E-state index contributed by atoms with van der Waals surface area (Å²) >= 11 is 0. The number of aryl methyl sites for hydroxylation is 1. The van der Waals surface area contributed by atoms with Gasteiger partial charge in [0.25, 0.3) is 0 Å². The molecule has 100 valence electrons. The van der Waals surface area contributed by atoms with Crippen molar-refractivity contribution in [3.05, 3.63) is 35.5 Å². The average Bonchev–Trinajstić information content (AvgIpc) is 2.27. The van der Waals surface area contributed by atoms with Crippen molar-refractivity contribution in [2.24, 2.45) is 0 Å². The van der Waals surface area contributed by atoms with Crippen LogP contribution in [-0.4, -0.2) is 21.7 Å². The number of rotatable bonds is 2. The number of nitrogens with zero attached hydrogens (tertiary/aromatic N) is 1. The summed E-state index contributed by atoms with van der Waals surface area (Å²) in [4.78, 5) is 15.1. The van der Waals surface area contributed by atoms with Gasteiger partial charge in [-0.3, -0.25) is 0 Å². The van der Waals surface area contributed by atoms with Gasteiger partial charge in [0.15, 0.2) is 0 Å². The fourth-order valence-corrected chi connectivity index (χ4v) is 1.90. The molecular weight excluding hydrogens is 242 g/mol. The SMILES string of the molecule is Cc1cc(C(=O)O)nc2ccc(OC(C)(C)C)cc12. The van der Waals surface area contributed by atoms with Gasteiger partial charge in [0.05, 0.1) is 5.52 Å². The van der Waals surface area contributed by atoms with Crippen molar-refractivity contribution in [2.45, 2.75) is 33.3 Å². The van der Waals surface area contributed by atoms with Gasteiger partial charge in [-0.25, -0.2) is 9.78 Å². The first-order chi connectivity index (χ1) is 8.76. The van der Waals surface area contributed by atoms with Gasteiger partial charge in [-0.15, -0.1) is 0 Å². The van der Waals surface area contributed by atoms with Crippen LogP contribution in [0.4, 0.5) is 0 Å². The Bertz CT molecular complexity index is 642. The number of ether oxygens (including phenoxy) is 1. The largest absolute Gasteiger partial charge is 0.488 e. The van der Waals surface area contributed by atoms with E-state index in [4.69, 9.17) is 9.84 Å². The predicted molar refractivity (Wildman–Crippen MR) is 73.8 cm³/mol. The van der Waals surface area contributed by atoms with Crippen molar-refractivity contribution in [3.63, 3.8) is 0 Å². The molecule has 0 aliphatic carbocycles. The molecule has 0 spiro atoms. The number of aromatic nitrogens is 1. The van der Waals surface area contributed by atoms with Gasteiger partial charge in [0, 0.05) is 5.39 Å². The van der Waals surface area contributed by atoms with E-state index in [1.807, 2.05) is 39.8 Å². The number of benzene rings is 1. The Hall–Kier alpha value is -2.10. The third-order valence-electron chi connectivity index (χ3n) is 2.63. The number of carboxylic acid groups (broad SMARTS) is 1. The van der Waals surface area contributed by atoms with Crippen LogP contribution in [0.1, 0.15) is 36.8 Å². The summed E-state index contributed by atoms with van der Waals surface area (Å²) in [5.74, 6) is -0.256. The van der Waals surface area contributed by atoms with E-state index in [-0.39, 0.29) is 11.3 Å². The number of carboxylic acids is 1. The second kappa shape index (κ2) is 4.53. The minimum Gasteiger partial charge on any atom is -0.488 e. The zero-order valence-corrected chi connectivity index (χ0v) is 11.5. The summed E-state index contributed by atoms with van der Waals surface area (Å²) < 4.78 is 5.80. The van der Waals surface area contributed by atoms with E-state index >= 15 is 0 Å². The lowest BCUT2D eigenvalue weighted by molar-refractivity contribution is 0.0691. The first-order valence-electron chi connectivity index (χ1n) is 6.10. The number of hydrogen-bond acceptors (Lipinski definition) is 3. The first-order valence-corrected chi connectivity index (χ1v) is 6.10. The van der Waals surface area contributed by atoms with E-state index in [0.717, 1.165) is 16.7 Å². The van der Waals surface area contributed by atoms with Crippen LogP contribution in [0.3, 0.4) is 0 Å². The Balaban J connectivity index is 2.52. The second-order valence-electron chi connectivity index (χ2n) is 5.52. The fourth-order valence-electron chi connectivity index (χ4n) is 1.90. The van der Waals surface area contributed by atoms with Crippen LogP contribution in [0, 0.1) is 6.92 Å². The lowest BCUT2D eigenvalue weighted by Crippen LogP contribution is -2.22. The van der Waals surface area contributed by atoms with Crippen molar-refractivity contribution >= 4 is 16.9 Å². The molecule has 1 aromatic carbocycles. The average molecular weight is 259 g/mol. The summed E-state index contributed by atoms with van der Waals surface area (Å²) in [6.45, 7) is 7.82. The zero-order valence-electron chi connectivity index (χ0n) is 11.5. The van der Waals surface area contributed by atoms with E-state index in [2.05, 4.69) is 4.98 Å². The zero-order chi connectivity index (χ0) is 14.2. The minimum atomic E-state index is -1.01. The molecule has 0 saturated heterocycles. The monoisotopic (exact) mass is 259 g/mol. The summed E-state index contributed by atoms with van der Waals surface area (Å²) in [6.07, 6.45) is 0. The van der Waals surface area contributed by atoms with Crippen molar-refractivity contribution in [3.8, 4) is 5.75 Å². The van der Waals surface area contributed by atoms with Crippen molar-refractivity contribution in [2.75, 3.05) is 0 Å². The van der Waals surface area contributed by atoms with Gasteiger partial charge in [-0.05, 0) is 57.5 Å². The highest BCUT2D eigenvalue weighted by Crippen LogP contribution is 2.25. The highest BCUT2D eigenvalue weighted by molar-refractivity contribution is 5.91. The molecule has 1 N–H and O–H groups in total. The Kier molecular flexibility index (Phi) is 3.18. The summed E-state index contributed by atoms with van der Waals surface area (Å²) in [5, 5.41) is 9.90. The van der Waals surface area contributed by atoms with Crippen molar-refractivity contribution in [1.29, 1.82) is 0 Å². The lowest BCUT2D eigenvalue weighted by Gasteiger charge is -2.21. The quantitative estimate of drug-likeness (QED) is 0.897. The molecule has 1 heterocycles. The summed E-state index contributed by atoms with van der Waals surface area (Å²) in [5.41, 5.74) is 1.34. The van der Waals surface area contributed by atoms with E-state index < -0.39 is 5.97 Å². The van der Waals surface area contributed by atoms with Crippen molar-refractivity contribution < 1.29 is 14.6 Å². The number of pyridine rings is 1. The molecule has 4 heteroatoms. The molecule has 0 aliphatic rings. The van der Waals surface area contributed by atoms with E-state index in [1.165, 1.54) is 0 Å². The second-order valence-corrected chi connectivity index (χ2v) is 5.52.